The highest BCUT2D eigenvalue weighted by Crippen LogP contribution is 2.29. The molecule has 1 aromatic heterocycles. The highest BCUT2D eigenvalue weighted by Gasteiger charge is 2.29. The quantitative estimate of drug-likeness (QED) is 0.770. The molecule has 0 bridgehead atoms. The largest absolute Gasteiger partial charge is 0.441 e. The number of aryl methyl sites for hydroxylation is 2. The van der Waals surface area contributed by atoms with Gasteiger partial charge in [-0.05, 0) is 44.2 Å². The smallest absolute Gasteiger partial charge is 0.235 e. The van der Waals surface area contributed by atoms with E-state index in [1.165, 1.54) is 0 Å². The molecule has 0 unspecified atom stereocenters. The molecule has 1 fully saturated rings. The summed E-state index contributed by atoms with van der Waals surface area (Å²) in [4.78, 5) is 16.7. The molecule has 0 saturated heterocycles. The van der Waals surface area contributed by atoms with E-state index in [1.807, 2.05) is 31.2 Å². The van der Waals surface area contributed by atoms with Crippen molar-refractivity contribution in [2.24, 2.45) is 11.8 Å². The molecule has 1 amide bonds. The molecule has 6 nitrogen and oxygen atoms in total. The van der Waals surface area contributed by atoms with Crippen LogP contribution < -0.4 is 5.32 Å². The lowest BCUT2D eigenvalue weighted by Gasteiger charge is -2.34. The summed E-state index contributed by atoms with van der Waals surface area (Å²) in [5, 5.41) is 2.93. The van der Waals surface area contributed by atoms with Crippen LogP contribution in [0.5, 0.6) is 0 Å². The van der Waals surface area contributed by atoms with Crippen molar-refractivity contribution in [2.75, 3.05) is 5.75 Å². The van der Waals surface area contributed by atoms with Crippen molar-refractivity contribution in [2.45, 2.75) is 58.8 Å². The van der Waals surface area contributed by atoms with E-state index in [9.17, 15) is 13.2 Å². The van der Waals surface area contributed by atoms with Crippen molar-refractivity contribution in [1.82, 2.24) is 10.3 Å². The first-order chi connectivity index (χ1) is 13.6. The summed E-state index contributed by atoms with van der Waals surface area (Å²) in [5.41, 5.74) is 2.26. The first-order valence-corrected chi connectivity index (χ1v) is 12.0. The number of rotatable bonds is 6. The van der Waals surface area contributed by atoms with Crippen LogP contribution in [0.2, 0.25) is 0 Å². The monoisotopic (exact) mass is 418 g/mol. The third kappa shape index (κ3) is 5.47. The molecule has 3 atom stereocenters. The molecule has 1 aliphatic rings. The average Bonchev–Trinajstić information content (AvgIpc) is 2.99. The Balaban J connectivity index is 1.65. The van der Waals surface area contributed by atoms with Crippen LogP contribution in [0.1, 0.15) is 50.1 Å². The van der Waals surface area contributed by atoms with E-state index in [0.29, 0.717) is 29.2 Å². The zero-order valence-corrected chi connectivity index (χ0v) is 18.4. The average molecular weight is 419 g/mol. The number of carbonyl (C=O) groups excluding carboxylic acids is 1. The van der Waals surface area contributed by atoms with Gasteiger partial charge in [-0.25, -0.2) is 13.4 Å². The van der Waals surface area contributed by atoms with Gasteiger partial charge in [0, 0.05) is 11.6 Å². The number of benzene rings is 1. The van der Waals surface area contributed by atoms with Gasteiger partial charge in [0.25, 0.3) is 0 Å². The van der Waals surface area contributed by atoms with Crippen molar-refractivity contribution in [3.05, 3.63) is 41.3 Å². The molecule has 2 aromatic rings. The molecule has 0 aliphatic heterocycles. The van der Waals surface area contributed by atoms with Gasteiger partial charge >= 0.3 is 0 Å². The fourth-order valence-corrected chi connectivity index (χ4v) is 5.14. The maximum atomic E-state index is 12.6. The lowest BCUT2D eigenvalue weighted by Crippen LogP contribution is -2.45. The molecule has 29 heavy (non-hydrogen) atoms. The van der Waals surface area contributed by atoms with Crippen LogP contribution in [-0.2, 0) is 20.4 Å². The highest BCUT2D eigenvalue weighted by atomic mass is 32.2. The van der Waals surface area contributed by atoms with Gasteiger partial charge in [-0.15, -0.1) is 0 Å². The Bertz CT molecular complexity index is 963. The standard InChI is InChI=1S/C22H30N2O4S/c1-14-8-10-18(11-9-14)22-24-20(17(4)28-22)12-29(26,27)13-21(25)23-19-7-5-6-15(2)16(19)3/h8-11,15-16,19H,5-7,12-13H2,1-4H3,(H,23,25)/t15-,16+,19-/m1/s1. The predicted octanol–water partition coefficient (Wildman–Crippen LogP) is 3.81. The number of hydrogen-bond acceptors (Lipinski definition) is 5. The minimum atomic E-state index is -3.65. The Morgan fingerprint density at radius 1 is 1.17 bits per heavy atom. The van der Waals surface area contributed by atoms with Crippen LogP contribution in [0.3, 0.4) is 0 Å². The normalized spacial score (nSPS) is 22.4. The summed E-state index contributed by atoms with van der Waals surface area (Å²) in [7, 11) is -3.65. The van der Waals surface area contributed by atoms with Gasteiger partial charge in [0.05, 0.1) is 11.4 Å². The number of nitrogens with one attached hydrogen (secondary N) is 1. The first-order valence-electron chi connectivity index (χ1n) is 10.2. The van der Waals surface area contributed by atoms with Crippen molar-refractivity contribution in [3.8, 4) is 11.5 Å². The summed E-state index contributed by atoms with van der Waals surface area (Å²) in [5.74, 6) is 0.459. The molecule has 3 rings (SSSR count). The zero-order chi connectivity index (χ0) is 21.2. The molecule has 7 heteroatoms. The number of oxazole rings is 1. The predicted molar refractivity (Wildman–Crippen MR) is 113 cm³/mol. The molecule has 1 aliphatic carbocycles. The lowest BCUT2D eigenvalue weighted by molar-refractivity contribution is -0.120. The summed E-state index contributed by atoms with van der Waals surface area (Å²) in [6.45, 7) is 7.98. The van der Waals surface area contributed by atoms with Crippen LogP contribution in [0, 0.1) is 25.7 Å². The van der Waals surface area contributed by atoms with Crippen molar-refractivity contribution < 1.29 is 17.6 Å². The summed E-state index contributed by atoms with van der Waals surface area (Å²) in [6.07, 6.45) is 3.11. The fourth-order valence-electron chi connectivity index (χ4n) is 3.87. The third-order valence-electron chi connectivity index (χ3n) is 5.95. The number of amides is 1. The Hall–Kier alpha value is -2.15. The van der Waals surface area contributed by atoms with Gasteiger partial charge in [-0.1, -0.05) is 44.4 Å². The number of nitrogens with zero attached hydrogens (tertiary/aromatic N) is 1. The lowest BCUT2D eigenvalue weighted by atomic mass is 9.78. The molecular formula is C22H30N2O4S. The van der Waals surface area contributed by atoms with Crippen molar-refractivity contribution >= 4 is 15.7 Å². The maximum Gasteiger partial charge on any atom is 0.235 e. The third-order valence-corrected chi connectivity index (χ3v) is 7.37. The van der Waals surface area contributed by atoms with E-state index in [1.54, 1.807) is 6.92 Å². The number of aromatic nitrogens is 1. The molecule has 0 spiro atoms. The van der Waals surface area contributed by atoms with Crippen LogP contribution in [0.25, 0.3) is 11.5 Å². The van der Waals surface area contributed by atoms with Gasteiger partial charge in [0.15, 0.2) is 9.84 Å². The SMILES string of the molecule is Cc1ccc(-c2nc(CS(=O)(=O)CC(=O)N[C@@H]3CCC[C@@H](C)[C@@H]3C)c(C)o2)cc1. The second-order valence-electron chi connectivity index (χ2n) is 8.36. The Labute approximate surface area is 173 Å². The summed E-state index contributed by atoms with van der Waals surface area (Å²) < 4.78 is 30.9. The van der Waals surface area contributed by atoms with E-state index in [4.69, 9.17) is 4.42 Å². The maximum absolute atomic E-state index is 12.6. The Morgan fingerprint density at radius 3 is 2.55 bits per heavy atom. The molecule has 1 saturated carbocycles. The highest BCUT2D eigenvalue weighted by molar-refractivity contribution is 7.91. The fraction of sp³-hybridized carbons (Fsp3) is 0.545. The number of carbonyl (C=O) groups is 1. The van der Waals surface area contributed by atoms with Gasteiger partial charge < -0.3 is 9.73 Å². The minimum Gasteiger partial charge on any atom is -0.441 e. The van der Waals surface area contributed by atoms with Crippen LogP contribution >= 0.6 is 0 Å². The minimum absolute atomic E-state index is 0.0448. The number of hydrogen-bond donors (Lipinski definition) is 1. The molecular weight excluding hydrogens is 388 g/mol. The van der Waals surface area contributed by atoms with Crippen molar-refractivity contribution in [3.63, 3.8) is 0 Å². The Morgan fingerprint density at radius 2 is 1.86 bits per heavy atom. The second kappa shape index (κ2) is 8.69. The number of sulfone groups is 1. The molecule has 1 heterocycles. The first kappa shape index (κ1) is 21.6. The molecule has 1 N–H and O–H groups in total. The summed E-state index contributed by atoms with van der Waals surface area (Å²) >= 11 is 0. The summed E-state index contributed by atoms with van der Waals surface area (Å²) in [6, 6.07) is 7.71. The van der Waals surface area contributed by atoms with Crippen LogP contribution in [-0.4, -0.2) is 31.1 Å². The topological polar surface area (TPSA) is 89.3 Å². The van der Waals surface area contributed by atoms with E-state index in [-0.39, 0.29) is 11.8 Å². The Kier molecular flexibility index (Phi) is 6.46. The van der Waals surface area contributed by atoms with Gasteiger partial charge in [-0.3, -0.25) is 4.79 Å². The molecule has 0 radical (unpaired) electrons. The zero-order valence-electron chi connectivity index (χ0n) is 17.6. The van der Waals surface area contributed by atoms with Crippen LogP contribution in [0.15, 0.2) is 28.7 Å². The van der Waals surface area contributed by atoms with Gasteiger partial charge in [-0.2, -0.15) is 0 Å². The molecule has 1 aromatic carbocycles. The second-order valence-corrected chi connectivity index (χ2v) is 10.4. The van der Waals surface area contributed by atoms with E-state index >= 15 is 0 Å². The van der Waals surface area contributed by atoms with E-state index in [0.717, 1.165) is 30.4 Å². The molecule has 158 valence electrons. The van der Waals surface area contributed by atoms with Gasteiger partial charge in [0.1, 0.15) is 11.5 Å². The van der Waals surface area contributed by atoms with Crippen LogP contribution in [0.4, 0.5) is 0 Å². The van der Waals surface area contributed by atoms with Gasteiger partial charge in [0.2, 0.25) is 11.8 Å². The van der Waals surface area contributed by atoms with Crippen molar-refractivity contribution in [1.29, 1.82) is 0 Å². The van der Waals surface area contributed by atoms with E-state index in [2.05, 4.69) is 24.1 Å². The van der Waals surface area contributed by atoms with E-state index < -0.39 is 21.5 Å².